The summed E-state index contributed by atoms with van der Waals surface area (Å²) in [6.07, 6.45) is 4.45. The van der Waals surface area contributed by atoms with Crippen molar-refractivity contribution in [1.29, 1.82) is 0 Å². The average Bonchev–Trinajstić information content (AvgIpc) is 2.59. The van der Waals surface area contributed by atoms with E-state index in [1.807, 2.05) is 30.3 Å². The molecule has 0 aliphatic carbocycles. The lowest BCUT2D eigenvalue weighted by Gasteiger charge is -2.31. The molecule has 2 rings (SSSR count). The number of carbonyl (C=O) groups excluding carboxylic acids is 2. The minimum Gasteiger partial charge on any atom is -0.445 e. The molecule has 6 heteroatoms. The van der Waals surface area contributed by atoms with Gasteiger partial charge >= 0.3 is 6.09 Å². The van der Waals surface area contributed by atoms with Gasteiger partial charge in [-0.05, 0) is 24.5 Å². The highest BCUT2D eigenvalue weighted by atomic mass is 79.9. The Morgan fingerprint density at radius 2 is 1.96 bits per heavy atom. The fraction of sp³-hybridized carbons (Fsp3) is 0.412. The van der Waals surface area contributed by atoms with Crippen LogP contribution >= 0.6 is 15.9 Å². The normalized spacial score (nSPS) is 15.6. The van der Waals surface area contributed by atoms with Crippen molar-refractivity contribution in [1.82, 2.24) is 10.2 Å². The smallest absolute Gasteiger partial charge is 0.407 e. The Labute approximate surface area is 144 Å². The topological polar surface area (TPSA) is 58.6 Å². The molecule has 1 aromatic rings. The summed E-state index contributed by atoms with van der Waals surface area (Å²) >= 11 is 3.25. The Morgan fingerprint density at radius 3 is 2.61 bits per heavy atom. The molecule has 1 fully saturated rings. The number of piperidine rings is 1. The number of carbonyl (C=O) groups is 2. The molecule has 23 heavy (non-hydrogen) atoms. The molecule has 1 heterocycles. The van der Waals surface area contributed by atoms with Gasteiger partial charge in [-0.3, -0.25) is 4.79 Å². The maximum absolute atomic E-state index is 11.9. The summed E-state index contributed by atoms with van der Waals surface area (Å²) in [5.41, 5.74) is 0.960. The summed E-state index contributed by atoms with van der Waals surface area (Å²) in [5.74, 6) is 0.0227. The first-order chi connectivity index (χ1) is 11.2. The summed E-state index contributed by atoms with van der Waals surface area (Å²) < 4.78 is 5.21. The molecular formula is C17H21BrN2O3. The predicted octanol–water partition coefficient (Wildman–Crippen LogP) is 2.85. The minimum atomic E-state index is -0.405. The van der Waals surface area contributed by atoms with Crippen LogP contribution in [0.25, 0.3) is 0 Å². The van der Waals surface area contributed by atoms with Crippen molar-refractivity contribution in [3.05, 3.63) is 48.0 Å². The van der Waals surface area contributed by atoms with Gasteiger partial charge in [0.2, 0.25) is 5.91 Å². The number of alkyl halides is 1. The van der Waals surface area contributed by atoms with Gasteiger partial charge in [0, 0.05) is 24.5 Å². The fourth-order valence-corrected chi connectivity index (χ4v) is 2.61. The fourth-order valence-electron chi connectivity index (χ4n) is 2.43. The Balaban J connectivity index is 1.68. The molecule has 0 radical (unpaired) electrons. The van der Waals surface area contributed by atoms with Crippen molar-refractivity contribution in [2.24, 2.45) is 0 Å². The number of nitrogens with one attached hydrogen (secondary N) is 1. The summed E-state index contributed by atoms with van der Waals surface area (Å²) in [5, 5.41) is 3.54. The zero-order valence-electron chi connectivity index (χ0n) is 12.9. The van der Waals surface area contributed by atoms with Crippen LogP contribution in [0.5, 0.6) is 0 Å². The third kappa shape index (κ3) is 6.06. The first kappa shape index (κ1) is 17.5. The Morgan fingerprint density at radius 1 is 1.26 bits per heavy atom. The molecule has 0 saturated carbocycles. The molecule has 0 spiro atoms. The average molecular weight is 381 g/mol. The highest BCUT2D eigenvalue weighted by Crippen LogP contribution is 2.11. The van der Waals surface area contributed by atoms with Gasteiger partial charge in [-0.1, -0.05) is 52.3 Å². The highest BCUT2D eigenvalue weighted by molar-refractivity contribution is 9.09. The van der Waals surface area contributed by atoms with Crippen LogP contribution in [-0.4, -0.2) is 41.4 Å². The second-order valence-corrected chi connectivity index (χ2v) is 6.01. The molecule has 1 aromatic carbocycles. The van der Waals surface area contributed by atoms with Crippen LogP contribution in [0.15, 0.2) is 42.5 Å². The van der Waals surface area contributed by atoms with Crippen molar-refractivity contribution in [2.75, 3.05) is 18.4 Å². The van der Waals surface area contributed by atoms with E-state index in [-0.39, 0.29) is 18.6 Å². The lowest BCUT2D eigenvalue weighted by Crippen LogP contribution is -2.46. The Bertz CT molecular complexity index is 540. The third-order valence-corrected chi connectivity index (χ3v) is 4.06. The molecule has 1 aliphatic rings. The number of rotatable bonds is 5. The number of alkyl carbamates (subject to hydrolysis) is 1. The molecule has 1 saturated heterocycles. The molecule has 0 atom stereocenters. The van der Waals surface area contributed by atoms with Crippen LogP contribution in [0.2, 0.25) is 0 Å². The second kappa shape index (κ2) is 9.35. The van der Waals surface area contributed by atoms with Crippen molar-refractivity contribution in [3.63, 3.8) is 0 Å². The second-order valence-electron chi connectivity index (χ2n) is 5.36. The van der Waals surface area contributed by atoms with E-state index in [0.717, 1.165) is 18.4 Å². The number of hydrogen-bond acceptors (Lipinski definition) is 3. The summed E-state index contributed by atoms with van der Waals surface area (Å²) in [4.78, 5) is 25.5. The van der Waals surface area contributed by atoms with Gasteiger partial charge in [0.25, 0.3) is 0 Å². The number of halogens is 1. The monoisotopic (exact) mass is 380 g/mol. The summed E-state index contributed by atoms with van der Waals surface area (Å²) in [7, 11) is 0. The van der Waals surface area contributed by atoms with E-state index in [4.69, 9.17) is 4.74 Å². The number of amides is 2. The lowest BCUT2D eigenvalue weighted by molar-refractivity contribution is -0.127. The summed E-state index contributed by atoms with van der Waals surface area (Å²) in [6, 6.07) is 9.63. The van der Waals surface area contributed by atoms with Crippen LogP contribution in [0.3, 0.4) is 0 Å². The molecule has 0 bridgehead atoms. The summed E-state index contributed by atoms with van der Waals surface area (Å²) in [6.45, 7) is 1.56. The van der Waals surface area contributed by atoms with Crippen molar-refractivity contribution >= 4 is 27.9 Å². The van der Waals surface area contributed by atoms with Crippen LogP contribution in [0.4, 0.5) is 4.79 Å². The molecule has 1 N–H and O–H groups in total. The number of benzene rings is 1. The van der Waals surface area contributed by atoms with Crippen LogP contribution in [-0.2, 0) is 16.1 Å². The Kier molecular flexibility index (Phi) is 7.13. The molecule has 2 amide bonds. The van der Waals surface area contributed by atoms with Crippen molar-refractivity contribution < 1.29 is 14.3 Å². The molecule has 0 unspecified atom stereocenters. The van der Waals surface area contributed by atoms with E-state index >= 15 is 0 Å². The van der Waals surface area contributed by atoms with Crippen molar-refractivity contribution in [3.8, 4) is 0 Å². The first-order valence-electron chi connectivity index (χ1n) is 7.67. The van der Waals surface area contributed by atoms with E-state index in [1.165, 1.54) is 0 Å². The van der Waals surface area contributed by atoms with E-state index in [1.54, 1.807) is 17.1 Å². The maximum atomic E-state index is 11.9. The van der Waals surface area contributed by atoms with Gasteiger partial charge in [0.05, 0.1) is 0 Å². The van der Waals surface area contributed by atoms with Crippen LogP contribution < -0.4 is 5.32 Å². The number of hydrogen-bond donors (Lipinski definition) is 1. The van der Waals surface area contributed by atoms with Gasteiger partial charge in [0.1, 0.15) is 6.61 Å². The lowest BCUT2D eigenvalue weighted by atomic mass is 10.1. The van der Waals surface area contributed by atoms with Gasteiger partial charge < -0.3 is 15.0 Å². The van der Waals surface area contributed by atoms with Gasteiger partial charge in [0.15, 0.2) is 0 Å². The van der Waals surface area contributed by atoms with E-state index in [2.05, 4.69) is 21.2 Å². The number of nitrogens with zero attached hydrogens (tertiary/aromatic N) is 1. The highest BCUT2D eigenvalue weighted by Gasteiger charge is 2.23. The molecule has 0 aromatic heterocycles. The SMILES string of the molecule is O=C(NC1CCN(C(=O)C=CCBr)CC1)OCc1ccccc1. The van der Waals surface area contributed by atoms with Crippen LogP contribution in [0.1, 0.15) is 18.4 Å². The number of ether oxygens (including phenoxy) is 1. The molecule has 124 valence electrons. The van der Waals surface area contributed by atoms with Gasteiger partial charge in [-0.15, -0.1) is 0 Å². The predicted molar refractivity (Wildman–Crippen MR) is 92.3 cm³/mol. The molecule has 1 aliphatic heterocycles. The quantitative estimate of drug-likeness (QED) is 0.630. The van der Waals surface area contributed by atoms with Gasteiger partial charge in [-0.2, -0.15) is 0 Å². The van der Waals surface area contributed by atoms with Gasteiger partial charge in [-0.25, -0.2) is 4.79 Å². The Hall–Kier alpha value is -1.82. The van der Waals surface area contributed by atoms with E-state index in [9.17, 15) is 9.59 Å². The maximum Gasteiger partial charge on any atom is 0.407 e. The van der Waals surface area contributed by atoms with E-state index < -0.39 is 6.09 Å². The third-order valence-electron chi connectivity index (χ3n) is 3.69. The number of likely N-dealkylation sites (tertiary alicyclic amines) is 1. The zero-order chi connectivity index (χ0) is 16.5. The van der Waals surface area contributed by atoms with E-state index in [0.29, 0.717) is 18.4 Å². The van der Waals surface area contributed by atoms with Crippen LogP contribution in [0, 0.1) is 0 Å². The first-order valence-corrected chi connectivity index (χ1v) is 8.80. The minimum absolute atomic E-state index is 0.0227. The largest absolute Gasteiger partial charge is 0.445 e. The number of allylic oxidation sites excluding steroid dienone is 1. The molecular weight excluding hydrogens is 360 g/mol. The van der Waals surface area contributed by atoms with Crippen molar-refractivity contribution in [2.45, 2.75) is 25.5 Å². The standard InChI is InChI=1S/C17H21BrN2O3/c18-10-4-7-16(21)20-11-8-15(9-12-20)19-17(22)23-13-14-5-2-1-3-6-14/h1-7,15H,8-13H2,(H,19,22). The molecule has 5 nitrogen and oxygen atoms in total. The zero-order valence-corrected chi connectivity index (χ0v) is 14.5.